The molecule has 4 nitrogen and oxygen atoms in total. The zero-order valence-electron chi connectivity index (χ0n) is 19.1. The summed E-state index contributed by atoms with van der Waals surface area (Å²) in [5.74, 6) is -0.428. The molecule has 3 saturated heterocycles. The molecule has 0 radical (unpaired) electrons. The molecule has 3 heterocycles. The van der Waals surface area contributed by atoms with Crippen molar-refractivity contribution in [3.63, 3.8) is 0 Å². The maximum Gasteiger partial charge on any atom is 0.408 e. The average Bonchev–Trinajstić information content (AvgIpc) is 2.77. The molecule has 5 rings (SSSR count). The molecule has 1 N–H and O–H groups in total. The molecule has 3 aliphatic rings. The highest BCUT2D eigenvalue weighted by molar-refractivity contribution is 5.68. The lowest BCUT2D eigenvalue weighted by Gasteiger charge is -2.52. The van der Waals surface area contributed by atoms with Gasteiger partial charge in [-0.15, -0.1) is 0 Å². The molecule has 7 heteroatoms. The van der Waals surface area contributed by atoms with Crippen molar-refractivity contribution in [2.45, 2.75) is 38.8 Å². The second-order valence-corrected chi connectivity index (χ2v) is 9.42. The Bertz CT molecular complexity index is 956. The lowest BCUT2D eigenvalue weighted by atomic mass is 9.81. The fourth-order valence-corrected chi connectivity index (χ4v) is 5.04. The largest absolute Gasteiger partial charge is 1.00 e. The summed E-state index contributed by atoms with van der Waals surface area (Å²) in [5, 5.41) is 3.08. The molecule has 0 aliphatic carbocycles. The number of hydrogen-bond acceptors (Lipinski definition) is 2. The monoisotopic (exact) mass is 520 g/mol. The molecule has 3 fully saturated rings. The van der Waals surface area contributed by atoms with Crippen LogP contribution >= 0.6 is 0 Å². The number of nitrogens with zero attached hydrogens (tertiary/aromatic N) is 1. The predicted molar refractivity (Wildman–Crippen MR) is 120 cm³/mol. The van der Waals surface area contributed by atoms with Crippen LogP contribution in [-0.4, -0.2) is 42.8 Å². The van der Waals surface area contributed by atoms with Crippen molar-refractivity contribution in [2.24, 2.45) is 5.92 Å². The van der Waals surface area contributed by atoms with E-state index in [0.717, 1.165) is 43.5 Å². The Hall–Kier alpha value is -2.25. The number of alkyl carbamates (subject to hydrolysis) is 1. The van der Waals surface area contributed by atoms with Crippen molar-refractivity contribution in [3.8, 4) is 0 Å². The van der Waals surface area contributed by atoms with Gasteiger partial charge < -0.3 is 31.5 Å². The molecule has 1 unspecified atom stereocenters. The van der Waals surface area contributed by atoms with Crippen LogP contribution in [0.25, 0.3) is 0 Å². The number of fused-ring (bicyclic) bond motifs is 3. The number of amides is 1. The quantitative estimate of drug-likeness (QED) is 0.469. The highest BCUT2D eigenvalue weighted by Gasteiger charge is 2.46. The Morgan fingerprint density at radius 2 is 1.67 bits per heavy atom. The highest BCUT2D eigenvalue weighted by atomic mass is 79.9. The number of hydrogen-bond donors (Lipinski definition) is 1. The average molecular weight is 521 g/mol. The van der Waals surface area contributed by atoms with E-state index in [-0.39, 0.29) is 23.0 Å². The normalized spacial score (nSPS) is 23.5. The first-order chi connectivity index (χ1) is 15.3. The van der Waals surface area contributed by atoms with Gasteiger partial charge in [-0.2, -0.15) is 0 Å². The lowest BCUT2D eigenvalue weighted by molar-refractivity contribution is -0.938. The molecule has 2 aromatic rings. The zero-order valence-corrected chi connectivity index (χ0v) is 20.7. The van der Waals surface area contributed by atoms with Gasteiger partial charge in [-0.05, 0) is 61.2 Å². The van der Waals surface area contributed by atoms with Crippen molar-refractivity contribution >= 4 is 6.09 Å². The van der Waals surface area contributed by atoms with Crippen LogP contribution in [0.3, 0.4) is 0 Å². The summed E-state index contributed by atoms with van der Waals surface area (Å²) < 4.78 is 34.5. The summed E-state index contributed by atoms with van der Waals surface area (Å²) in [5.41, 5.74) is 2.24. The van der Waals surface area contributed by atoms with Gasteiger partial charge in [0, 0.05) is 12.8 Å². The SMILES string of the molecule is CC(C)=CC[N+]12CCC(CC1)C(NC(=O)OC(c1cccc(F)c1)c1cccc(F)c1)C2.[Br-]. The van der Waals surface area contributed by atoms with Gasteiger partial charge in [0.25, 0.3) is 0 Å². The van der Waals surface area contributed by atoms with E-state index in [4.69, 9.17) is 4.74 Å². The van der Waals surface area contributed by atoms with Gasteiger partial charge in [-0.25, -0.2) is 13.6 Å². The van der Waals surface area contributed by atoms with Gasteiger partial charge in [0.2, 0.25) is 0 Å². The predicted octanol–water partition coefficient (Wildman–Crippen LogP) is 2.36. The number of rotatable bonds is 6. The van der Waals surface area contributed by atoms with Gasteiger partial charge in [-0.1, -0.05) is 29.8 Å². The third-order valence-electron chi connectivity index (χ3n) is 6.82. The van der Waals surface area contributed by atoms with Crippen LogP contribution in [0.5, 0.6) is 0 Å². The van der Waals surface area contributed by atoms with Crippen molar-refractivity contribution < 1.29 is 39.8 Å². The molecule has 2 aromatic carbocycles. The molecular formula is C26H31BrF2N2O2. The second kappa shape index (κ2) is 10.8. The Labute approximate surface area is 205 Å². The van der Waals surface area contributed by atoms with Gasteiger partial charge in [0.15, 0.2) is 6.10 Å². The molecule has 178 valence electrons. The Morgan fingerprint density at radius 3 is 2.18 bits per heavy atom. The fourth-order valence-electron chi connectivity index (χ4n) is 5.04. The highest BCUT2D eigenvalue weighted by Crippen LogP contribution is 2.34. The lowest BCUT2D eigenvalue weighted by Crippen LogP contribution is -3.00. The Morgan fingerprint density at radius 1 is 1.09 bits per heavy atom. The molecule has 33 heavy (non-hydrogen) atoms. The maximum atomic E-state index is 13.9. The van der Waals surface area contributed by atoms with Crippen LogP contribution in [0.2, 0.25) is 0 Å². The first kappa shape index (κ1) is 25.4. The van der Waals surface area contributed by atoms with E-state index in [1.807, 2.05) is 0 Å². The standard InChI is InChI=1S/C26H30F2N2O2.BrH/c1-18(2)9-12-30-13-10-19(11-14-30)24(17-30)29-26(31)32-25(20-5-3-7-22(27)15-20)21-6-4-8-23(28)16-21;/h3-9,15-16,19,24-25H,10-14,17H2,1-2H3;1H. The number of allylic oxidation sites excluding steroid dienone is 1. The molecule has 1 amide bonds. The summed E-state index contributed by atoms with van der Waals surface area (Å²) in [7, 11) is 0. The van der Waals surface area contributed by atoms with Crippen molar-refractivity contribution in [1.29, 1.82) is 0 Å². The molecule has 3 aliphatic heterocycles. The Kier molecular flexibility index (Phi) is 8.29. The number of ether oxygens (including phenoxy) is 1. The number of nitrogens with one attached hydrogen (secondary N) is 1. The number of benzene rings is 2. The van der Waals surface area contributed by atoms with E-state index in [0.29, 0.717) is 17.0 Å². The molecule has 0 aromatic heterocycles. The summed E-state index contributed by atoms with van der Waals surface area (Å²) >= 11 is 0. The maximum absolute atomic E-state index is 13.9. The second-order valence-electron chi connectivity index (χ2n) is 9.42. The van der Waals surface area contributed by atoms with E-state index in [1.165, 1.54) is 29.8 Å². The van der Waals surface area contributed by atoms with E-state index in [2.05, 4.69) is 25.2 Å². The summed E-state index contributed by atoms with van der Waals surface area (Å²) in [4.78, 5) is 12.9. The van der Waals surface area contributed by atoms with E-state index in [9.17, 15) is 13.6 Å². The zero-order chi connectivity index (χ0) is 22.7. The number of halogens is 3. The van der Waals surface area contributed by atoms with E-state index >= 15 is 0 Å². The van der Waals surface area contributed by atoms with Gasteiger partial charge in [0.05, 0.1) is 32.2 Å². The van der Waals surface area contributed by atoms with Crippen LogP contribution in [0, 0.1) is 17.6 Å². The van der Waals surface area contributed by atoms with Crippen molar-refractivity contribution in [3.05, 3.63) is 82.9 Å². The summed E-state index contributed by atoms with van der Waals surface area (Å²) in [6, 6.07) is 11.8. The van der Waals surface area contributed by atoms with Crippen LogP contribution < -0.4 is 22.3 Å². The molecular weight excluding hydrogens is 490 g/mol. The van der Waals surface area contributed by atoms with Crippen LogP contribution in [0.15, 0.2) is 60.2 Å². The fraction of sp³-hybridized carbons (Fsp3) is 0.423. The molecule has 2 bridgehead atoms. The van der Waals surface area contributed by atoms with E-state index < -0.39 is 23.8 Å². The minimum atomic E-state index is -0.892. The van der Waals surface area contributed by atoms with Gasteiger partial charge in [0.1, 0.15) is 11.6 Å². The van der Waals surface area contributed by atoms with Gasteiger partial charge >= 0.3 is 6.09 Å². The van der Waals surface area contributed by atoms with Crippen LogP contribution in [0.4, 0.5) is 13.6 Å². The number of quaternary nitrogens is 1. The first-order valence-electron chi connectivity index (χ1n) is 11.3. The third kappa shape index (κ3) is 6.21. The van der Waals surface area contributed by atoms with Crippen molar-refractivity contribution in [2.75, 3.05) is 26.2 Å². The number of carbonyl (C=O) groups is 1. The van der Waals surface area contributed by atoms with Crippen LogP contribution in [0.1, 0.15) is 43.9 Å². The van der Waals surface area contributed by atoms with Gasteiger partial charge in [-0.3, -0.25) is 0 Å². The summed E-state index contributed by atoms with van der Waals surface area (Å²) in [6.07, 6.45) is 3.00. The minimum absolute atomic E-state index is 0. The van der Waals surface area contributed by atoms with E-state index in [1.54, 1.807) is 24.3 Å². The third-order valence-corrected chi connectivity index (χ3v) is 6.82. The Balaban J connectivity index is 0.00000306. The molecule has 0 saturated carbocycles. The first-order valence-corrected chi connectivity index (χ1v) is 11.3. The smallest absolute Gasteiger partial charge is 0.408 e. The number of carbonyl (C=O) groups excluding carboxylic acids is 1. The topological polar surface area (TPSA) is 38.3 Å². The molecule has 0 spiro atoms. The molecule has 1 atom stereocenters. The van der Waals surface area contributed by atoms with Crippen LogP contribution in [-0.2, 0) is 4.74 Å². The minimum Gasteiger partial charge on any atom is -1.00 e. The summed E-state index contributed by atoms with van der Waals surface area (Å²) in [6.45, 7) is 8.36. The number of piperidine rings is 3. The van der Waals surface area contributed by atoms with Crippen molar-refractivity contribution in [1.82, 2.24) is 5.32 Å².